The quantitative estimate of drug-likeness (QED) is 0.929. The van der Waals surface area contributed by atoms with Crippen LogP contribution in [0.3, 0.4) is 0 Å². The first-order valence-corrected chi connectivity index (χ1v) is 6.53. The van der Waals surface area contributed by atoms with Crippen LogP contribution in [0.2, 0.25) is 0 Å². The molecule has 0 saturated heterocycles. The standard InChI is InChI=1S/C15H10BrNO3/c16-13-5-11(8-17)6-14(7-13)20-9-10-1-3-12(4-2-10)15(18)19/h1-7H,9H2,(H,18,19). The molecule has 0 aliphatic rings. The molecule has 0 atom stereocenters. The lowest BCUT2D eigenvalue weighted by Gasteiger charge is -2.07. The fourth-order valence-corrected chi connectivity index (χ4v) is 2.09. The molecule has 0 heterocycles. The molecule has 1 N–H and O–H groups in total. The predicted molar refractivity (Wildman–Crippen MR) is 76.6 cm³/mol. The highest BCUT2D eigenvalue weighted by molar-refractivity contribution is 9.10. The third kappa shape index (κ3) is 3.59. The number of carbonyl (C=O) groups is 1. The van der Waals surface area contributed by atoms with Gasteiger partial charge in [0.25, 0.3) is 0 Å². The molecule has 0 amide bonds. The fraction of sp³-hybridized carbons (Fsp3) is 0.0667. The van der Waals surface area contributed by atoms with E-state index in [4.69, 9.17) is 15.1 Å². The van der Waals surface area contributed by atoms with Gasteiger partial charge < -0.3 is 9.84 Å². The van der Waals surface area contributed by atoms with Crippen LogP contribution >= 0.6 is 15.9 Å². The summed E-state index contributed by atoms with van der Waals surface area (Å²) in [6.07, 6.45) is 0. The van der Waals surface area contributed by atoms with Gasteiger partial charge >= 0.3 is 5.97 Å². The van der Waals surface area contributed by atoms with E-state index in [0.29, 0.717) is 17.9 Å². The summed E-state index contributed by atoms with van der Waals surface area (Å²) in [5.74, 6) is -0.374. The van der Waals surface area contributed by atoms with E-state index >= 15 is 0 Å². The van der Waals surface area contributed by atoms with Gasteiger partial charge in [-0.25, -0.2) is 4.79 Å². The topological polar surface area (TPSA) is 70.3 Å². The number of nitriles is 1. The molecule has 0 bridgehead atoms. The lowest BCUT2D eigenvalue weighted by molar-refractivity contribution is 0.0697. The van der Waals surface area contributed by atoms with Gasteiger partial charge in [0.15, 0.2) is 0 Å². The van der Waals surface area contributed by atoms with Crippen molar-refractivity contribution in [2.45, 2.75) is 6.61 Å². The Kier molecular flexibility index (Phi) is 4.38. The number of hydrogen-bond acceptors (Lipinski definition) is 3. The third-order valence-electron chi connectivity index (χ3n) is 2.61. The number of rotatable bonds is 4. The Balaban J connectivity index is 2.07. The van der Waals surface area contributed by atoms with E-state index in [2.05, 4.69) is 22.0 Å². The van der Waals surface area contributed by atoms with Crippen molar-refractivity contribution in [3.8, 4) is 11.8 Å². The third-order valence-corrected chi connectivity index (χ3v) is 3.06. The summed E-state index contributed by atoms with van der Waals surface area (Å²) < 4.78 is 6.36. The zero-order chi connectivity index (χ0) is 14.5. The van der Waals surface area contributed by atoms with Crippen molar-refractivity contribution in [3.63, 3.8) is 0 Å². The van der Waals surface area contributed by atoms with Crippen molar-refractivity contribution in [3.05, 3.63) is 63.6 Å². The van der Waals surface area contributed by atoms with Gasteiger partial charge in [0.1, 0.15) is 12.4 Å². The summed E-state index contributed by atoms with van der Waals surface area (Å²) in [7, 11) is 0. The largest absolute Gasteiger partial charge is 0.489 e. The van der Waals surface area contributed by atoms with Crippen LogP contribution in [0, 0.1) is 11.3 Å². The maximum Gasteiger partial charge on any atom is 0.335 e. The van der Waals surface area contributed by atoms with E-state index in [1.165, 1.54) is 12.1 Å². The molecule has 20 heavy (non-hydrogen) atoms. The van der Waals surface area contributed by atoms with E-state index in [-0.39, 0.29) is 5.56 Å². The number of benzene rings is 2. The molecule has 2 aromatic rings. The van der Waals surface area contributed by atoms with Crippen molar-refractivity contribution in [2.24, 2.45) is 0 Å². The molecular weight excluding hydrogens is 322 g/mol. The van der Waals surface area contributed by atoms with Gasteiger partial charge in [0, 0.05) is 4.47 Å². The lowest BCUT2D eigenvalue weighted by Crippen LogP contribution is -1.99. The molecule has 0 saturated carbocycles. The van der Waals surface area contributed by atoms with Crippen LogP contribution < -0.4 is 4.74 Å². The van der Waals surface area contributed by atoms with Crippen molar-refractivity contribution < 1.29 is 14.6 Å². The van der Waals surface area contributed by atoms with E-state index in [9.17, 15) is 4.79 Å². The van der Waals surface area contributed by atoms with Gasteiger partial charge in [-0.1, -0.05) is 28.1 Å². The number of carboxylic acids is 1. The van der Waals surface area contributed by atoms with E-state index < -0.39 is 5.97 Å². The van der Waals surface area contributed by atoms with Crippen molar-refractivity contribution in [1.29, 1.82) is 5.26 Å². The Hall–Kier alpha value is -2.32. The van der Waals surface area contributed by atoms with Gasteiger partial charge in [-0.15, -0.1) is 0 Å². The molecule has 0 aliphatic heterocycles. The van der Waals surface area contributed by atoms with Crippen molar-refractivity contribution >= 4 is 21.9 Å². The summed E-state index contributed by atoms with van der Waals surface area (Å²) >= 11 is 3.31. The number of carboxylic acid groups (broad SMARTS) is 1. The second-order valence-electron chi connectivity index (χ2n) is 4.08. The number of halogens is 1. The van der Waals surface area contributed by atoms with Crippen molar-refractivity contribution in [1.82, 2.24) is 0 Å². The molecular formula is C15H10BrNO3. The predicted octanol–water partition coefficient (Wildman–Crippen LogP) is 3.60. The van der Waals surface area contributed by atoms with E-state index in [0.717, 1.165) is 10.0 Å². The number of hydrogen-bond donors (Lipinski definition) is 1. The molecule has 0 fully saturated rings. The zero-order valence-corrected chi connectivity index (χ0v) is 11.9. The Morgan fingerprint density at radius 3 is 2.55 bits per heavy atom. The van der Waals surface area contributed by atoms with Crippen molar-refractivity contribution in [2.75, 3.05) is 0 Å². The molecule has 5 heteroatoms. The first kappa shape index (κ1) is 14.1. The van der Waals surface area contributed by atoms with Gasteiger partial charge in [-0.05, 0) is 35.9 Å². The minimum absolute atomic E-state index is 0.239. The fourth-order valence-electron chi connectivity index (χ4n) is 1.62. The molecule has 0 unspecified atom stereocenters. The lowest BCUT2D eigenvalue weighted by atomic mass is 10.1. The number of aromatic carboxylic acids is 1. The Bertz CT molecular complexity index is 675. The first-order chi connectivity index (χ1) is 9.58. The summed E-state index contributed by atoms with van der Waals surface area (Å²) in [5, 5.41) is 17.7. The minimum atomic E-state index is -0.955. The molecule has 4 nitrogen and oxygen atoms in total. The van der Waals surface area contributed by atoms with Crippen LogP contribution in [0.4, 0.5) is 0 Å². The zero-order valence-electron chi connectivity index (χ0n) is 10.3. The highest BCUT2D eigenvalue weighted by Gasteiger charge is 2.03. The first-order valence-electron chi connectivity index (χ1n) is 5.74. The monoisotopic (exact) mass is 331 g/mol. The summed E-state index contributed by atoms with van der Waals surface area (Å²) in [5.41, 5.74) is 1.60. The normalized spacial score (nSPS) is 9.80. The molecule has 2 rings (SSSR count). The molecule has 100 valence electrons. The highest BCUT2D eigenvalue weighted by Crippen LogP contribution is 2.22. The summed E-state index contributed by atoms with van der Waals surface area (Å²) in [6, 6.07) is 13.6. The smallest absolute Gasteiger partial charge is 0.335 e. The van der Waals surface area contributed by atoms with Crippen LogP contribution in [0.25, 0.3) is 0 Å². The number of nitrogens with zero attached hydrogens (tertiary/aromatic N) is 1. The van der Waals surface area contributed by atoms with Crippen LogP contribution in [0.15, 0.2) is 46.9 Å². The SMILES string of the molecule is N#Cc1cc(Br)cc(OCc2ccc(C(=O)O)cc2)c1. The molecule has 0 aromatic heterocycles. The molecule has 2 aromatic carbocycles. The van der Waals surface area contributed by atoms with Crippen LogP contribution in [0.5, 0.6) is 5.75 Å². The molecule has 0 aliphatic carbocycles. The van der Waals surface area contributed by atoms with Gasteiger partial charge in [0.05, 0.1) is 17.2 Å². The van der Waals surface area contributed by atoms with Crippen LogP contribution in [-0.4, -0.2) is 11.1 Å². The van der Waals surface area contributed by atoms with Crippen LogP contribution in [0.1, 0.15) is 21.5 Å². The summed E-state index contributed by atoms with van der Waals surface area (Å²) in [6.45, 7) is 0.307. The maximum atomic E-state index is 10.7. The van der Waals surface area contributed by atoms with E-state index in [1.807, 2.05) is 0 Å². The number of ether oxygens (including phenoxy) is 1. The van der Waals surface area contributed by atoms with Crippen LogP contribution in [-0.2, 0) is 6.61 Å². The average Bonchev–Trinajstić information content (AvgIpc) is 2.45. The second-order valence-corrected chi connectivity index (χ2v) is 4.99. The Morgan fingerprint density at radius 1 is 1.25 bits per heavy atom. The minimum Gasteiger partial charge on any atom is -0.489 e. The Morgan fingerprint density at radius 2 is 1.95 bits per heavy atom. The summed E-state index contributed by atoms with van der Waals surface area (Å²) in [4.78, 5) is 10.7. The molecule has 0 radical (unpaired) electrons. The molecule has 0 spiro atoms. The average molecular weight is 332 g/mol. The van der Waals surface area contributed by atoms with Gasteiger partial charge in [-0.2, -0.15) is 5.26 Å². The Labute approximate surface area is 124 Å². The maximum absolute atomic E-state index is 10.7. The highest BCUT2D eigenvalue weighted by atomic mass is 79.9. The van der Waals surface area contributed by atoms with Gasteiger partial charge in [0.2, 0.25) is 0 Å². The second kappa shape index (κ2) is 6.22. The van der Waals surface area contributed by atoms with E-state index in [1.54, 1.807) is 30.3 Å². The van der Waals surface area contributed by atoms with Gasteiger partial charge in [-0.3, -0.25) is 0 Å².